The minimum atomic E-state index is -0.785. The summed E-state index contributed by atoms with van der Waals surface area (Å²) in [5.74, 6) is 0.142. The molecular weight excluding hydrogens is 268 g/mol. The van der Waals surface area contributed by atoms with Gasteiger partial charge in [-0.1, -0.05) is 13.8 Å². The lowest BCUT2D eigenvalue weighted by atomic mass is 9.92. The molecule has 122 valence electrons. The molecule has 0 aromatic rings. The first kappa shape index (κ1) is 18.0. The van der Waals surface area contributed by atoms with E-state index in [9.17, 15) is 9.59 Å². The molecule has 1 amide bonds. The number of amides is 1. The molecule has 0 aromatic heterocycles. The summed E-state index contributed by atoms with van der Waals surface area (Å²) in [6.45, 7) is 5.59. The number of nitrogens with zero attached hydrogens (tertiary/aromatic N) is 1. The summed E-state index contributed by atoms with van der Waals surface area (Å²) < 4.78 is 0. The quantitative estimate of drug-likeness (QED) is 0.720. The zero-order chi connectivity index (χ0) is 15.8. The lowest BCUT2D eigenvalue weighted by molar-refractivity contribution is -0.140. The van der Waals surface area contributed by atoms with Crippen LogP contribution in [0.4, 0.5) is 0 Å². The van der Waals surface area contributed by atoms with E-state index in [-0.39, 0.29) is 24.3 Å². The van der Waals surface area contributed by atoms with Crippen molar-refractivity contribution < 1.29 is 14.7 Å². The van der Waals surface area contributed by atoms with Gasteiger partial charge in [0.05, 0.1) is 0 Å². The summed E-state index contributed by atoms with van der Waals surface area (Å²) in [5, 5.41) is 8.83. The van der Waals surface area contributed by atoms with Gasteiger partial charge in [-0.15, -0.1) is 0 Å². The first-order chi connectivity index (χ1) is 9.93. The van der Waals surface area contributed by atoms with Crippen LogP contribution >= 0.6 is 0 Å². The van der Waals surface area contributed by atoms with E-state index in [4.69, 9.17) is 10.8 Å². The Balaban J connectivity index is 2.56. The summed E-state index contributed by atoms with van der Waals surface area (Å²) in [4.78, 5) is 25.2. The largest absolute Gasteiger partial charge is 0.481 e. The Hall–Kier alpha value is -1.10. The third kappa shape index (κ3) is 6.46. The molecule has 5 heteroatoms. The molecule has 0 spiro atoms. The lowest BCUT2D eigenvalue weighted by Gasteiger charge is -2.36. The van der Waals surface area contributed by atoms with Gasteiger partial charge in [0.15, 0.2) is 0 Å². The van der Waals surface area contributed by atoms with Crippen molar-refractivity contribution in [2.24, 2.45) is 17.6 Å². The molecule has 0 aromatic carbocycles. The standard InChI is InChI=1S/C16H30N2O3/c1-12(2)9-13(11-17)10-15(19)18-8-4-3-5-14(18)6-7-16(20)21/h12-14H,3-11,17H2,1-2H3,(H,20,21)/t13-,14?/m0/s1. The van der Waals surface area contributed by atoms with E-state index in [1.807, 2.05) is 4.90 Å². The molecule has 3 N–H and O–H groups in total. The number of nitrogens with two attached hydrogens (primary N) is 1. The number of carbonyl (C=O) groups is 2. The Labute approximate surface area is 127 Å². The molecule has 2 atom stereocenters. The fourth-order valence-electron chi connectivity index (χ4n) is 3.21. The smallest absolute Gasteiger partial charge is 0.303 e. The third-order valence-electron chi connectivity index (χ3n) is 4.24. The topological polar surface area (TPSA) is 83.6 Å². The highest BCUT2D eigenvalue weighted by molar-refractivity contribution is 5.77. The first-order valence-corrected chi connectivity index (χ1v) is 8.15. The summed E-state index contributed by atoms with van der Waals surface area (Å²) in [5.41, 5.74) is 5.78. The third-order valence-corrected chi connectivity index (χ3v) is 4.24. The summed E-state index contributed by atoms with van der Waals surface area (Å²) in [6.07, 6.45) is 5.21. The van der Waals surface area contributed by atoms with Crippen molar-refractivity contribution >= 4 is 11.9 Å². The fraction of sp³-hybridized carbons (Fsp3) is 0.875. The number of rotatable bonds is 8. The molecule has 1 rings (SSSR count). The van der Waals surface area contributed by atoms with Gasteiger partial charge in [-0.25, -0.2) is 0 Å². The number of piperidine rings is 1. The Bertz CT molecular complexity index is 344. The first-order valence-electron chi connectivity index (χ1n) is 8.15. The van der Waals surface area contributed by atoms with Gasteiger partial charge in [0.25, 0.3) is 0 Å². The molecule has 1 heterocycles. The number of aliphatic carboxylic acids is 1. The predicted molar refractivity (Wildman–Crippen MR) is 82.8 cm³/mol. The van der Waals surface area contributed by atoms with Gasteiger partial charge in [0.2, 0.25) is 5.91 Å². The normalized spacial score (nSPS) is 20.6. The van der Waals surface area contributed by atoms with E-state index in [2.05, 4.69) is 13.8 Å². The number of carbonyl (C=O) groups excluding carboxylic acids is 1. The molecule has 0 aliphatic carbocycles. The van der Waals surface area contributed by atoms with Crippen molar-refractivity contribution in [2.75, 3.05) is 13.1 Å². The maximum absolute atomic E-state index is 12.5. The van der Waals surface area contributed by atoms with Crippen LogP contribution in [0.15, 0.2) is 0 Å². The minimum Gasteiger partial charge on any atom is -0.481 e. The SMILES string of the molecule is CC(C)C[C@H](CN)CC(=O)N1CCCCC1CCC(=O)O. The Morgan fingerprint density at radius 3 is 2.62 bits per heavy atom. The molecule has 1 saturated heterocycles. The second-order valence-corrected chi connectivity index (χ2v) is 6.60. The number of hydrogen-bond acceptors (Lipinski definition) is 3. The maximum Gasteiger partial charge on any atom is 0.303 e. The van der Waals surface area contributed by atoms with Crippen molar-refractivity contribution in [2.45, 2.75) is 64.8 Å². The molecular formula is C16H30N2O3. The summed E-state index contributed by atoms with van der Waals surface area (Å²) in [7, 11) is 0. The average molecular weight is 298 g/mol. The second-order valence-electron chi connectivity index (χ2n) is 6.60. The van der Waals surface area contributed by atoms with E-state index in [1.165, 1.54) is 0 Å². The molecule has 1 fully saturated rings. The zero-order valence-electron chi connectivity index (χ0n) is 13.4. The van der Waals surface area contributed by atoms with Crippen molar-refractivity contribution in [1.82, 2.24) is 4.90 Å². The van der Waals surface area contributed by atoms with Crippen LogP contribution < -0.4 is 5.73 Å². The summed E-state index contributed by atoms with van der Waals surface area (Å²) >= 11 is 0. The van der Waals surface area contributed by atoms with Gasteiger partial charge in [0.1, 0.15) is 0 Å². The number of carboxylic acid groups (broad SMARTS) is 1. The van der Waals surface area contributed by atoms with Gasteiger partial charge in [-0.05, 0) is 50.5 Å². The van der Waals surface area contributed by atoms with E-state index in [1.54, 1.807) is 0 Å². The van der Waals surface area contributed by atoms with E-state index in [0.29, 0.717) is 25.3 Å². The molecule has 0 saturated carbocycles. The molecule has 21 heavy (non-hydrogen) atoms. The van der Waals surface area contributed by atoms with E-state index >= 15 is 0 Å². The lowest BCUT2D eigenvalue weighted by Crippen LogP contribution is -2.45. The van der Waals surface area contributed by atoms with Crippen LogP contribution in [-0.2, 0) is 9.59 Å². The van der Waals surface area contributed by atoms with Gasteiger partial charge < -0.3 is 15.7 Å². The predicted octanol–water partition coefficient (Wildman–Crippen LogP) is 2.24. The Morgan fingerprint density at radius 2 is 2.05 bits per heavy atom. The van der Waals surface area contributed by atoms with Gasteiger partial charge >= 0.3 is 5.97 Å². The van der Waals surface area contributed by atoms with Crippen LogP contribution in [-0.4, -0.2) is 41.0 Å². The monoisotopic (exact) mass is 298 g/mol. The van der Waals surface area contributed by atoms with Gasteiger partial charge in [-0.3, -0.25) is 9.59 Å². The Morgan fingerprint density at radius 1 is 1.33 bits per heavy atom. The van der Waals surface area contributed by atoms with Gasteiger partial charge in [-0.2, -0.15) is 0 Å². The van der Waals surface area contributed by atoms with Crippen LogP contribution in [0.3, 0.4) is 0 Å². The van der Waals surface area contributed by atoms with Crippen LogP contribution in [0, 0.1) is 11.8 Å². The Kier molecular flexibility index (Phi) is 7.72. The van der Waals surface area contributed by atoms with Gasteiger partial charge in [0, 0.05) is 25.4 Å². The van der Waals surface area contributed by atoms with Crippen molar-refractivity contribution in [3.63, 3.8) is 0 Å². The van der Waals surface area contributed by atoms with Crippen molar-refractivity contribution in [1.29, 1.82) is 0 Å². The average Bonchev–Trinajstić information content (AvgIpc) is 2.44. The molecule has 0 bridgehead atoms. The molecule has 5 nitrogen and oxygen atoms in total. The maximum atomic E-state index is 12.5. The molecule has 0 radical (unpaired) electrons. The highest BCUT2D eigenvalue weighted by Crippen LogP contribution is 2.24. The number of hydrogen-bond donors (Lipinski definition) is 2. The summed E-state index contributed by atoms with van der Waals surface area (Å²) in [6, 6.07) is 0.0971. The highest BCUT2D eigenvalue weighted by Gasteiger charge is 2.28. The van der Waals surface area contributed by atoms with Crippen LogP contribution in [0.2, 0.25) is 0 Å². The van der Waals surface area contributed by atoms with Crippen LogP contribution in [0.1, 0.15) is 58.8 Å². The van der Waals surface area contributed by atoms with E-state index in [0.717, 1.165) is 32.2 Å². The number of carboxylic acids is 1. The van der Waals surface area contributed by atoms with Crippen LogP contribution in [0.5, 0.6) is 0 Å². The molecule has 1 unspecified atom stereocenters. The van der Waals surface area contributed by atoms with E-state index < -0.39 is 5.97 Å². The van der Waals surface area contributed by atoms with Crippen molar-refractivity contribution in [3.05, 3.63) is 0 Å². The highest BCUT2D eigenvalue weighted by atomic mass is 16.4. The minimum absolute atomic E-state index is 0.0971. The number of likely N-dealkylation sites (tertiary alicyclic amines) is 1. The molecule has 1 aliphatic heterocycles. The second kappa shape index (κ2) is 9.03. The zero-order valence-corrected chi connectivity index (χ0v) is 13.4. The molecule has 1 aliphatic rings. The fourth-order valence-corrected chi connectivity index (χ4v) is 3.21. The van der Waals surface area contributed by atoms with Crippen molar-refractivity contribution in [3.8, 4) is 0 Å². The van der Waals surface area contributed by atoms with Crippen LogP contribution in [0.25, 0.3) is 0 Å².